The minimum Gasteiger partial charge on any atom is -0.508 e. The van der Waals surface area contributed by atoms with E-state index in [9.17, 15) is 5.11 Å². The van der Waals surface area contributed by atoms with E-state index in [4.69, 9.17) is 5.11 Å². The third kappa shape index (κ3) is 2.07. The molecule has 0 bridgehead atoms. The minimum atomic E-state index is -0.0941. The van der Waals surface area contributed by atoms with Crippen LogP contribution in [0.3, 0.4) is 0 Å². The van der Waals surface area contributed by atoms with Gasteiger partial charge in [-0.3, -0.25) is 0 Å². The second-order valence-corrected chi connectivity index (χ2v) is 4.10. The van der Waals surface area contributed by atoms with Crippen LogP contribution in [0.2, 0.25) is 0 Å². The van der Waals surface area contributed by atoms with E-state index in [-0.39, 0.29) is 6.10 Å². The second-order valence-electron chi connectivity index (χ2n) is 4.10. The van der Waals surface area contributed by atoms with Crippen LogP contribution in [-0.2, 0) is 0 Å². The van der Waals surface area contributed by atoms with Crippen LogP contribution in [0.5, 0.6) is 5.75 Å². The van der Waals surface area contributed by atoms with E-state index in [0.717, 1.165) is 25.7 Å². The molecule has 0 amide bonds. The van der Waals surface area contributed by atoms with Crippen molar-refractivity contribution < 1.29 is 10.2 Å². The lowest BCUT2D eigenvalue weighted by molar-refractivity contribution is 0.122. The topological polar surface area (TPSA) is 40.5 Å². The van der Waals surface area contributed by atoms with Gasteiger partial charge in [-0.25, -0.2) is 0 Å². The molecule has 0 aromatic heterocycles. The van der Waals surface area contributed by atoms with Crippen LogP contribution >= 0.6 is 0 Å². The van der Waals surface area contributed by atoms with Crippen molar-refractivity contribution in [1.29, 1.82) is 0 Å². The molecule has 2 heteroatoms. The molecule has 0 aliphatic heterocycles. The first-order valence-corrected chi connectivity index (χ1v) is 5.22. The van der Waals surface area contributed by atoms with Crippen LogP contribution < -0.4 is 0 Å². The summed E-state index contributed by atoms with van der Waals surface area (Å²) in [4.78, 5) is 0. The van der Waals surface area contributed by atoms with Crippen molar-refractivity contribution in [3.8, 4) is 5.75 Å². The molecular weight excluding hydrogens is 176 g/mol. The largest absolute Gasteiger partial charge is 0.508 e. The summed E-state index contributed by atoms with van der Waals surface area (Å²) in [6.45, 7) is 0. The van der Waals surface area contributed by atoms with Crippen LogP contribution in [0.1, 0.15) is 37.2 Å². The van der Waals surface area contributed by atoms with Gasteiger partial charge in [0.15, 0.2) is 0 Å². The number of aliphatic hydroxyl groups excluding tert-OH is 1. The fourth-order valence-electron chi connectivity index (χ4n) is 2.16. The average Bonchev–Trinajstić information content (AvgIpc) is 2.21. The zero-order valence-electron chi connectivity index (χ0n) is 8.19. The van der Waals surface area contributed by atoms with E-state index in [1.54, 1.807) is 12.1 Å². The Hall–Kier alpha value is -1.02. The van der Waals surface area contributed by atoms with Gasteiger partial charge >= 0.3 is 0 Å². The van der Waals surface area contributed by atoms with Gasteiger partial charge in [0, 0.05) is 0 Å². The van der Waals surface area contributed by atoms with E-state index in [2.05, 4.69) is 0 Å². The normalized spacial score (nSPS) is 27.5. The quantitative estimate of drug-likeness (QED) is 0.717. The SMILES string of the molecule is Oc1ccc(C2CCC(O)CC2)cc1. The molecule has 0 radical (unpaired) electrons. The fraction of sp³-hybridized carbons (Fsp3) is 0.500. The van der Waals surface area contributed by atoms with E-state index >= 15 is 0 Å². The second kappa shape index (κ2) is 4.01. The summed E-state index contributed by atoms with van der Waals surface area (Å²) in [6, 6.07) is 7.44. The first kappa shape index (κ1) is 9.53. The summed E-state index contributed by atoms with van der Waals surface area (Å²) in [5.74, 6) is 0.892. The Kier molecular flexibility index (Phi) is 2.73. The Bertz CT molecular complexity index is 284. The van der Waals surface area contributed by atoms with Crippen molar-refractivity contribution in [2.45, 2.75) is 37.7 Å². The number of phenolic OH excluding ortho intramolecular Hbond substituents is 1. The summed E-state index contributed by atoms with van der Waals surface area (Å²) in [6.07, 6.45) is 3.85. The molecule has 1 fully saturated rings. The molecule has 2 nitrogen and oxygen atoms in total. The summed E-state index contributed by atoms with van der Waals surface area (Å²) >= 11 is 0. The van der Waals surface area contributed by atoms with Gasteiger partial charge in [-0.05, 0) is 49.3 Å². The average molecular weight is 192 g/mol. The highest BCUT2D eigenvalue weighted by Crippen LogP contribution is 2.33. The zero-order valence-corrected chi connectivity index (χ0v) is 8.19. The lowest BCUT2D eigenvalue weighted by Gasteiger charge is -2.25. The number of hydrogen-bond donors (Lipinski definition) is 2. The van der Waals surface area contributed by atoms with Crippen molar-refractivity contribution in [3.05, 3.63) is 29.8 Å². The summed E-state index contributed by atoms with van der Waals surface area (Å²) in [7, 11) is 0. The van der Waals surface area contributed by atoms with Crippen LogP contribution in [0.15, 0.2) is 24.3 Å². The van der Waals surface area contributed by atoms with E-state index < -0.39 is 0 Å². The lowest BCUT2D eigenvalue weighted by atomic mass is 9.83. The molecule has 1 aromatic carbocycles. The number of phenols is 1. The lowest BCUT2D eigenvalue weighted by Crippen LogP contribution is -2.16. The number of rotatable bonds is 1. The highest BCUT2D eigenvalue weighted by molar-refractivity contribution is 5.28. The standard InChI is InChI=1S/C12H16O2/c13-11-5-1-9(2-6-11)10-3-7-12(14)8-4-10/h1-2,5-6,10,12-14H,3-4,7-8H2. The third-order valence-corrected chi connectivity index (χ3v) is 3.06. The van der Waals surface area contributed by atoms with Gasteiger partial charge in [0.25, 0.3) is 0 Å². The van der Waals surface area contributed by atoms with E-state index in [0.29, 0.717) is 11.7 Å². The van der Waals surface area contributed by atoms with Gasteiger partial charge in [-0.15, -0.1) is 0 Å². The van der Waals surface area contributed by atoms with Gasteiger partial charge in [0.05, 0.1) is 6.10 Å². The maximum absolute atomic E-state index is 9.38. The Morgan fingerprint density at radius 2 is 1.50 bits per heavy atom. The molecule has 0 unspecified atom stereocenters. The molecule has 1 aliphatic carbocycles. The maximum Gasteiger partial charge on any atom is 0.115 e. The molecule has 1 aromatic rings. The third-order valence-electron chi connectivity index (χ3n) is 3.06. The van der Waals surface area contributed by atoms with Gasteiger partial charge < -0.3 is 10.2 Å². The molecule has 2 rings (SSSR count). The molecule has 14 heavy (non-hydrogen) atoms. The molecule has 76 valence electrons. The highest BCUT2D eigenvalue weighted by atomic mass is 16.3. The van der Waals surface area contributed by atoms with Gasteiger partial charge in [-0.2, -0.15) is 0 Å². The van der Waals surface area contributed by atoms with Crippen molar-refractivity contribution >= 4 is 0 Å². The zero-order chi connectivity index (χ0) is 9.97. The Balaban J connectivity index is 2.05. The predicted molar refractivity (Wildman–Crippen MR) is 55.3 cm³/mol. The Labute approximate surface area is 84.2 Å². The fourth-order valence-corrected chi connectivity index (χ4v) is 2.16. The molecular formula is C12H16O2. The Morgan fingerprint density at radius 1 is 0.929 bits per heavy atom. The monoisotopic (exact) mass is 192 g/mol. The highest BCUT2D eigenvalue weighted by Gasteiger charge is 2.20. The summed E-state index contributed by atoms with van der Waals surface area (Å²) in [5, 5.41) is 18.5. The first-order chi connectivity index (χ1) is 6.75. The van der Waals surface area contributed by atoms with E-state index in [1.807, 2.05) is 12.1 Å². The number of aromatic hydroxyl groups is 1. The maximum atomic E-state index is 9.38. The van der Waals surface area contributed by atoms with Gasteiger partial charge in [-0.1, -0.05) is 12.1 Å². The number of aliphatic hydroxyl groups is 1. The minimum absolute atomic E-state index is 0.0941. The van der Waals surface area contributed by atoms with Crippen molar-refractivity contribution in [2.75, 3.05) is 0 Å². The smallest absolute Gasteiger partial charge is 0.115 e. The van der Waals surface area contributed by atoms with Crippen molar-refractivity contribution in [3.63, 3.8) is 0 Å². The van der Waals surface area contributed by atoms with E-state index in [1.165, 1.54) is 5.56 Å². The summed E-state index contributed by atoms with van der Waals surface area (Å²) < 4.78 is 0. The molecule has 0 atom stereocenters. The molecule has 0 spiro atoms. The molecule has 1 saturated carbocycles. The van der Waals surface area contributed by atoms with Gasteiger partial charge in [0.1, 0.15) is 5.75 Å². The van der Waals surface area contributed by atoms with Gasteiger partial charge in [0.2, 0.25) is 0 Å². The molecule has 1 aliphatic rings. The molecule has 2 N–H and O–H groups in total. The van der Waals surface area contributed by atoms with Crippen LogP contribution in [-0.4, -0.2) is 16.3 Å². The number of hydrogen-bond acceptors (Lipinski definition) is 2. The van der Waals surface area contributed by atoms with Crippen LogP contribution in [0, 0.1) is 0 Å². The van der Waals surface area contributed by atoms with Crippen LogP contribution in [0.4, 0.5) is 0 Å². The predicted octanol–water partition coefficient (Wildman–Crippen LogP) is 2.41. The molecule has 0 heterocycles. The van der Waals surface area contributed by atoms with Crippen molar-refractivity contribution in [1.82, 2.24) is 0 Å². The van der Waals surface area contributed by atoms with Crippen LogP contribution in [0.25, 0.3) is 0 Å². The number of benzene rings is 1. The first-order valence-electron chi connectivity index (χ1n) is 5.22. The summed E-state index contributed by atoms with van der Waals surface area (Å²) in [5.41, 5.74) is 1.29. The molecule has 0 saturated heterocycles. The van der Waals surface area contributed by atoms with Crippen molar-refractivity contribution in [2.24, 2.45) is 0 Å². The Morgan fingerprint density at radius 3 is 2.07 bits per heavy atom.